The second-order valence-corrected chi connectivity index (χ2v) is 6.37. The molecule has 0 aromatic carbocycles. The minimum absolute atomic E-state index is 0.494. The van der Waals surface area contributed by atoms with Crippen LogP contribution in [-0.4, -0.2) is 11.0 Å². The number of pyridine rings is 1. The molecule has 1 heterocycles. The Morgan fingerprint density at radius 3 is 3.00 bits per heavy atom. The summed E-state index contributed by atoms with van der Waals surface area (Å²) in [5, 5.41) is 3.93. The predicted octanol–water partition coefficient (Wildman–Crippen LogP) is 3.87. The van der Waals surface area contributed by atoms with Crippen LogP contribution < -0.4 is 5.32 Å². The van der Waals surface area contributed by atoms with Gasteiger partial charge in [0, 0.05) is 18.3 Å². The second-order valence-electron chi connectivity index (χ2n) is 6.37. The highest BCUT2D eigenvalue weighted by atomic mass is 15.0. The minimum Gasteiger partial charge on any atom is -0.306 e. The molecule has 3 rings (SSSR count). The Morgan fingerprint density at radius 2 is 2.21 bits per heavy atom. The molecule has 2 aliphatic carbocycles. The first-order valence-electron chi connectivity index (χ1n) is 7.99. The van der Waals surface area contributed by atoms with Gasteiger partial charge in [0.05, 0.1) is 5.69 Å². The van der Waals surface area contributed by atoms with Crippen LogP contribution in [0.2, 0.25) is 0 Å². The first kappa shape index (κ1) is 13.1. The molecule has 4 atom stereocenters. The summed E-state index contributed by atoms with van der Waals surface area (Å²) >= 11 is 0. The molecule has 1 fully saturated rings. The van der Waals surface area contributed by atoms with E-state index in [4.69, 9.17) is 0 Å². The molecule has 0 saturated heterocycles. The van der Waals surface area contributed by atoms with Gasteiger partial charge in [-0.1, -0.05) is 26.3 Å². The van der Waals surface area contributed by atoms with Gasteiger partial charge in [0.2, 0.25) is 0 Å². The van der Waals surface area contributed by atoms with Crippen LogP contribution in [0.15, 0.2) is 18.3 Å². The van der Waals surface area contributed by atoms with E-state index < -0.39 is 0 Å². The lowest BCUT2D eigenvalue weighted by molar-refractivity contribution is 0.305. The maximum atomic E-state index is 4.64. The van der Waals surface area contributed by atoms with Gasteiger partial charge in [0.25, 0.3) is 0 Å². The molecule has 0 bridgehead atoms. The Balaban J connectivity index is 1.71. The third-order valence-corrected chi connectivity index (χ3v) is 5.36. The maximum Gasteiger partial charge on any atom is 0.0605 e. The zero-order valence-electron chi connectivity index (χ0n) is 12.2. The third-order valence-electron chi connectivity index (χ3n) is 5.36. The van der Waals surface area contributed by atoms with Gasteiger partial charge < -0.3 is 5.32 Å². The molecule has 4 unspecified atom stereocenters. The van der Waals surface area contributed by atoms with Crippen LogP contribution >= 0.6 is 0 Å². The molecule has 1 aromatic heterocycles. The van der Waals surface area contributed by atoms with Gasteiger partial charge in [-0.2, -0.15) is 0 Å². The summed E-state index contributed by atoms with van der Waals surface area (Å²) in [6.45, 7) is 4.77. The fourth-order valence-corrected chi connectivity index (χ4v) is 4.09. The normalized spacial score (nSPS) is 34.2. The van der Waals surface area contributed by atoms with Crippen LogP contribution in [0.3, 0.4) is 0 Å². The van der Waals surface area contributed by atoms with Crippen molar-refractivity contribution in [1.29, 1.82) is 0 Å². The van der Waals surface area contributed by atoms with Crippen molar-refractivity contribution in [3.05, 3.63) is 29.6 Å². The molecule has 104 valence electrons. The number of nitrogens with zero attached hydrogens (tertiary/aromatic N) is 1. The molecule has 1 aromatic rings. The Kier molecular flexibility index (Phi) is 3.88. The molecule has 19 heavy (non-hydrogen) atoms. The minimum atomic E-state index is 0.494. The lowest BCUT2D eigenvalue weighted by Crippen LogP contribution is -2.37. The van der Waals surface area contributed by atoms with E-state index in [9.17, 15) is 0 Å². The van der Waals surface area contributed by atoms with Crippen molar-refractivity contribution in [2.45, 2.75) is 64.5 Å². The number of nitrogens with one attached hydrogen (secondary N) is 1. The van der Waals surface area contributed by atoms with E-state index in [0.29, 0.717) is 12.1 Å². The van der Waals surface area contributed by atoms with Crippen molar-refractivity contribution in [2.24, 2.45) is 11.8 Å². The standard InChI is InChI=1S/C17H26N2/c1-3-13-9-10-15(12(13)2)19-16-8-4-6-14-7-5-11-18-17(14)16/h5,7,11-13,15-16,19H,3-4,6,8-10H2,1-2H3. The summed E-state index contributed by atoms with van der Waals surface area (Å²) in [7, 11) is 0. The molecule has 0 spiro atoms. The van der Waals surface area contributed by atoms with Crippen molar-refractivity contribution < 1.29 is 0 Å². The Hall–Kier alpha value is -0.890. The number of rotatable bonds is 3. The van der Waals surface area contributed by atoms with E-state index in [1.807, 2.05) is 6.20 Å². The summed E-state index contributed by atoms with van der Waals surface area (Å²) in [6, 6.07) is 5.52. The Labute approximate surface area is 117 Å². The number of hydrogen-bond acceptors (Lipinski definition) is 2. The monoisotopic (exact) mass is 258 g/mol. The maximum absolute atomic E-state index is 4.64. The molecule has 2 aliphatic rings. The molecule has 1 N–H and O–H groups in total. The zero-order valence-corrected chi connectivity index (χ0v) is 12.2. The molecule has 0 aliphatic heterocycles. The van der Waals surface area contributed by atoms with Crippen LogP contribution in [0, 0.1) is 11.8 Å². The van der Waals surface area contributed by atoms with Crippen LogP contribution in [0.5, 0.6) is 0 Å². The van der Waals surface area contributed by atoms with Crippen LogP contribution in [0.25, 0.3) is 0 Å². The first-order chi connectivity index (χ1) is 9.29. The molecular formula is C17H26N2. The van der Waals surface area contributed by atoms with Gasteiger partial charge in [0.15, 0.2) is 0 Å². The van der Waals surface area contributed by atoms with Gasteiger partial charge in [-0.15, -0.1) is 0 Å². The van der Waals surface area contributed by atoms with Crippen molar-refractivity contribution in [2.75, 3.05) is 0 Å². The molecule has 2 nitrogen and oxygen atoms in total. The molecular weight excluding hydrogens is 232 g/mol. The van der Waals surface area contributed by atoms with Crippen LogP contribution in [0.4, 0.5) is 0 Å². The second kappa shape index (κ2) is 5.62. The Morgan fingerprint density at radius 1 is 1.32 bits per heavy atom. The van der Waals surface area contributed by atoms with Gasteiger partial charge in [-0.05, 0) is 55.6 Å². The average Bonchev–Trinajstić information content (AvgIpc) is 2.80. The van der Waals surface area contributed by atoms with Gasteiger partial charge in [-0.25, -0.2) is 0 Å². The fourth-order valence-electron chi connectivity index (χ4n) is 4.09. The summed E-state index contributed by atoms with van der Waals surface area (Å²) < 4.78 is 0. The van der Waals surface area contributed by atoms with Crippen molar-refractivity contribution in [3.8, 4) is 0 Å². The van der Waals surface area contributed by atoms with Gasteiger partial charge in [-0.3, -0.25) is 4.98 Å². The van der Waals surface area contributed by atoms with Crippen molar-refractivity contribution in [1.82, 2.24) is 10.3 Å². The van der Waals surface area contributed by atoms with Crippen molar-refractivity contribution >= 4 is 0 Å². The van der Waals surface area contributed by atoms with Crippen molar-refractivity contribution in [3.63, 3.8) is 0 Å². The predicted molar refractivity (Wildman–Crippen MR) is 79.0 cm³/mol. The number of aryl methyl sites for hydroxylation is 1. The number of hydrogen-bond donors (Lipinski definition) is 1. The summed E-state index contributed by atoms with van der Waals surface area (Å²) in [4.78, 5) is 4.64. The van der Waals surface area contributed by atoms with E-state index >= 15 is 0 Å². The topological polar surface area (TPSA) is 24.9 Å². The van der Waals surface area contributed by atoms with E-state index in [1.54, 1.807) is 0 Å². The Bertz CT molecular complexity index is 429. The van der Waals surface area contributed by atoms with E-state index in [-0.39, 0.29) is 0 Å². The number of fused-ring (bicyclic) bond motifs is 1. The van der Waals surface area contributed by atoms with Crippen LogP contribution in [-0.2, 0) is 6.42 Å². The zero-order chi connectivity index (χ0) is 13.2. The SMILES string of the molecule is CCC1CCC(NC2CCCc3cccnc32)C1C. The third kappa shape index (κ3) is 2.55. The highest BCUT2D eigenvalue weighted by molar-refractivity contribution is 5.25. The fraction of sp³-hybridized carbons (Fsp3) is 0.706. The smallest absolute Gasteiger partial charge is 0.0605 e. The summed E-state index contributed by atoms with van der Waals surface area (Å²) in [5.74, 6) is 1.74. The molecule has 0 radical (unpaired) electrons. The first-order valence-corrected chi connectivity index (χ1v) is 7.99. The quantitative estimate of drug-likeness (QED) is 0.890. The summed E-state index contributed by atoms with van der Waals surface area (Å²) in [6.07, 6.45) is 9.79. The largest absolute Gasteiger partial charge is 0.306 e. The van der Waals surface area contributed by atoms with E-state index in [0.717, 1.165) is 11.8 Å². The van der Waals surface area contributed by atoms with E-state index in [2.05, 4.69) is 36.3 Å². The van der Waals surface area contributed by atoms with Crippen LogP contribution in [0.1, 0.15) is 63.3 Å². The summed E-state index contributed by atoms with van der Waals surface area (Å²) in [5.41, 5.74) is 2.78. The molecule has 1 saturated carbocycles. The molecule has 0 amide bonds. The lowest BCUT2D eigenvalue weighted by atomic mass is 9.89. The molecule has 2 heteroatoms. The highest BCUT2D eigenvalue weighted by Gasteiger charge is 2.34. The average molecular weight is 258 g/mol. The highest BCUT2D eigenvalue weighted by Crippen LogP contribution is 2.36. The van der Waals surface area contributed by atoms with Gasteiger partial charge in [0.1, 0.15) is 0 Å². The lowest BCUT2D eigenvalue weighted by Gasteiger charge is -2.30. The number of aromatic nitrogens is 1. The van der Waals surface area contributed by atoms with Gasteiger partial charge >= 0.3 is 0 Å². The van der Waals surface area contributed by atoms with E-state index in [1.165, 1.54) is 49.8 Å².